The van der Waals surface area contributed by atoms with Crippen LogP contribution in [-0.4, -0.2) is 47.0 Å². The molecule has 0 saturated carbocycles. The molecule has 2 rings (SSSR count). The highest BCUT2D eigenvalue weighted by atomic mass is 16.6. The minimum atomic E-state index is -0.919. The normalized spacial score (nSPS) is 13.7. The number of aryl methyl sites for hydroxylation is 1. The number of benzene rings is 2. The summed E-state index contributed by atoms with van der Waals surface area (Å²) in [5.74, 6) is -0.558. The number of hydrogen-bond donors (Lipinski definition) is 2. The third-order valence-corrected chi connectivity index (χ3v) is 6.34. The summed E-state index contributed by atoms with van der Waals surface area (Å²) >= 11 is 0. The highest BCUT2D eigenvalue weighted by Crippen LogP contribution is 2.27. The summed E-state index contributed by atoms with van der Waals surface area (Å²) in [4.78, 5) is 42.4. The van der Waals surface area contributed by atoms with Crippen LogP contribution in [0.2, 0.25) is 0 Å². The first-order valence-electron chi connectivity index (χ1n) is 13.7. The number of unbranched alkanes of at least 4 members (excludes halogenated alkanes) is 1. The van der Waals surface area contributed by atoms with Gasteiger partial charge in [-0.3, -0.25) is 9.59 Å². The van der Waals surface area contributed by atoms with Crippen molar-refractivity contribution in [1.82, 2.24) is 15.5 Å². The van der Waals surface area contributed by atoms with E-state index in [1.807, 2.05) is 75.4 Å². The first-order chi connectivity index (χ1) is 18.0. The van der Waals surface area contributed by atoms with Gasteiger partial charge in [0.2, 0.25) is 11.8 Å². The Hall–Kier alpha value is -3.35. The molecule has 38 heavy (non-hydrogen) atoms. The number of hydrogen-bond acceptors (Lipinski definition) is 4. The number of nitrogens with one attached hydrogen (secondary N) is 2. The van der Waals surface area contributed by atoms with Gasteiger partial charge in [-0.05, 0) is 58.6 Å². The number of alkyl carbamates (subject to hydrolysis) is 1. The third-order valence-electron chi connectivity index (χ3n) is 6.34. The molecular weight excluding hydrogens is 478 g/mol. The summed E-state index contributed by atoms with van der Waals surface area (Å²) in [6.45, 7) is 13.8. The molecule has 208 valence electrons. The van der Waals surface area contributed by atoms with E-state index >= 15 is 0 Å². The van der Waals surface area contributed by atoms with Crippen molar-refractivity contribution < 1.29 is 19.1 Å². The Balaban J connectivity index is 2.53. The fraction of sp³-hybridized carbons (Fsp3) is 0.516. The average Bonchev–Trinajstić information content (AvgIpc) is 2.86. The predicted molar refractivity (Wildman–Crippen MR) is 152 cm³/mol. The Bertz CT molecular complexity index is 1030. The third kappa shape index (κ3) is 9.51. The zero-order valence-electron chi connectivity index (χ0n) is 24.0. The van der Waals surface area contributed by atoms with Gasteiger partial charge in [-0.2, -0.15) is 0 Å². The molecule has 3 unspecified atom stereocenters. The highest BCUT2D eigenvalue weighted by molar-refractivity contribution is 5.92. The molecular formula is C31H45N3O4. The van der Waals surface area contributed by atoms with Crippen molar-refractivity contribution in [2.45, 2.75) is 97.9 Å². The maximum Gasteiger partial charge on any atom is 0.408 e. The maximum absolute atomic E-state index is 14.3. The molecule has 2 N–H and O–H groups in total. The van der Waals surface area contributed by atoms with Crippen LogP contribution in [0.15, 0.2) is 54.6 Å². The lowest BCUT2D eigenvalue weighted by atomic mass is 9.97. The molecule has 2 aromatic rings. The lowest BCUT2D eigenvalue weighted by Gasteiger charge is -2.38. The van der Waals surface area contributed by atoms with Crippen molar-refractivity contribution in [3.05, 3.63) is 71.3 Å². The summed E-state index contributed by atoms with van der Waals surface area (Å²) < 4.78 is 5.49. The largest absolute Gasteiger partial charge is 0.444 e. The van der Waals surface area contributed by atoms with Gasteiger partial charge in [0.1, 0.15) is 17.7 Å². The fourth-order valence-electron chi connectivity index (χ4n) is 4.15. The van der Waals surface area contributed by atoms with Crippen molar-refractivity contribution in [1.29, 1.82) is 0 Å². The van der Waals surface area contributed by atoms with Gasteiger partial charge < -0.3 is 20.3 Å². The van der Waals surface area contributed by atoms with Crippen LogP contribution in [0.4, 0.5) is 4.79 Å². The minimum absolute atomic E-state index is 0.230. The Labute approximate surface area is 228 Å². The molecule has 2 aromatic carbocycles. The molecule has 7 nitrogen and oxygen atoms in total. The van der Waals surface area contributed by atoms with Gasteiger partial charge in [-0.15, -0.1) is 0 Å². The maximum atomic E-state index is 14.3. The molecule has 0 aromatic heterocycles. The van der Waals surface area contributed by atoms with Crippen molar-refractivity contribution >= 4 is 17.9 Å². The minimum Gasteiger partial charge on any atom is -0.444 e. The summed E-state index contributed by atoms with van der Waals surface area (Å²) in [5.41, 5.74) is 1.97. The van der Waals surface area contributed by atoms with Gasteiger partial charge in [-0.25, -0.2) is 4.79 Å². The smallest absolute Gasteiger partial charge is 0.408 e. The molecule has 3 amide bonds. The number of amides is 3. The molecule has 0 aliphatic rings. The summed E-state index contributed by atoms with van der Waals surface area (Å²) in [7, 11) is 0. The first-order valence-corrected chi connectivity index (χ1v) is 13.7. The molecule has 0 bridgehead atoms. The summed E-state index contributed by atoms with van der Waals surface area (Å²) in [6, 6.07) is 15.2. The summed E-state index contributed by atoms with van der Waals surface area (Å²) in [5, 5.41) is 5.83. The highest BCUT2D eigenvalue weighted by Gasteiger charge is 2.38. The molecule has 0 aliphatic carbocycles. The predicted octanol–water partition coefficient (Wildman–Crippen LogP) is 5.72. The fourth-order valence-corrected chi connectivity index (χ4v) is 4.15. The first kappa shape index (κ1) is 30.9. The SMILES string of the molecule is CCCCNC(=O)C(c1ccc(C)cc1)N(C(=O)C(Cc1ccccc1)NC(=O)OC(C)(C)C)C(C)CC. The molecule has 3 atom stereocenters. The van der Waals surface area contributed by atoms with E-state index in [1.165, 1.54) is 0 Å². The van der Waals surface area contributed by atoms with E-state index in [0.717, 1.165) is 29.5 Å². The lowest BCUT2D eigenvalue weighted by Crippen LogP contribution is -2.56. The van der Waals surface area contributed by atoms with Crippen molar-refractivity contribution in [3.63, 3.8) is 0 Å². The van der Waals surface area contributed by atoms with Crippen LogP contribution >= 0.6 is 0 Å². The van der Waals surface area contributed by atoms with Crippen LogP contribution in [-0.2, 0) is 20.7 Å². The quantitative estimate of drug-likeness (QED) is 0.349. The van der Waals surface area contributed by atoms with Crippen molar-refractivity contribution in [2.24, 2.45) is 0 Å². The van der Waals surface area contributed by atoms with E-state index in [0.29, 0.717) is 13.0 Å². The molecule has 0 aliphatic heterocycles. The van der Waals surface area contributed by atoms with E-state index in [4.69, 9.17) is 4.74 Å². The van der Waals surface area contributed by atoms with Crippen LogP contribution in [0.3, 0.4) is 0 Å². The van der Waals surface area contributed by atoms with Crippen LogP contribution in [0.25, 0.3) is 0 Å². The van der Waals surface area contributed by atoms with Gasteiger partial charge in [0.05, 0.1) is 0 Å². The van der Waals surface area contributed by atoms with Crippen LogP contribution in [0.5, 0.6) is 0 Å². The van der Waals surface area contributed by atoms with Gasteiger partial charge in [0.25, 0.3) is 0 Å². The van der Waals surface area contributed by atoms with Crippen molar-refractivity contribution in [2.75, 3.05) is 6.54 Å². The zero-order chi connectivity index (χ0) is 28.3. The van der Waals surface area contributed by atoms with Crippen LogP contribution < -0.4 is 10.6 Å². The van der Waals surface area contributed by atoms with Gasteiger partial charge in [-0.1, -0.05) is 80.4 Å². The topological polar surface area (TPSA) is 87.7 Å². The summed E-state index contributed by atoms with van der Waals surface area (Å²) in [6.07, 6.45) is 2.03. The second kappa shape index (κ2) is 14.6. The van der Waals surface area contributed by atoms with E-state index in [1.54, 1.807) is 25.7 Å². The molecule has 0 saturated heterocycles. The Morgan fingerprint density at radius 3 is 2.16 bits per heavy atom. The molecule has 0 fully saturated rings. The van der Waals surface area contributed by atoms with Gasteiger partial charge >= 0.3 is 6.09 Å². The van der Waals surface area contributed by atoms with Gasteiger partial charge in [0, 0.05) is 19.0 Å². The number of carbonyl (C=O) groups excluding carboxylic acids is 3. The number of ether oxygens (including phenoxy) is 1. The number of rotatable bonds is 12. The Morgan fingerprint density at radius 2 is 1.61 bits per heavy atom. The molecule has 7 heteroatoms. The van der Waals surface area contributed by atoms with Crippen LogP contribution in [0.1, 0.15) is 83.5 Å². The van der Waals surface area contributed by atoms with E-state index in [9.17, 15) is 14.4 Å². The average molecular weight is 524 g/mol. The standard InChI is InChI=1S/C31H45N3O4/c1-8-10-20-32-28(35)27(25-18-16-22(3)17-19-25)34(23(4)9-2)29(36)26(21-24-14-12-11-13-15-24)33-30(37)38-31(5,6)7/h11-19,23,26-27H,8-10,20-21H2,1-7H3,(H,32,35)(H,33,37). The second-order valence-electron chi connectivity index (χ2n) is 10.8. The Kier molecular flexibility index (Phi) is 11.8. The van der Waals surface area contributed by atoms with Gasteiger partial charge in [0.15, 0.2) is 0 Å². The van der Waals surface area contributed by atoms with Crippen LogP contribution in [0, 0.1) is 6.92 Å². The van der Waals surface area contributed by atoms with E-state index < -0.39 is 23.8 Å². The van der Waals surface area contributed by atoms with Crippen molar-refractivity contribution in [3.8, 4) is 0 Å². The van der Waals surface area contributed by atoms with E-state index in [-0.39, 0.29) is 24.3 Å². The second-order valence-corrected chi connectivity index (χ2v) is 10.8. The van der Waals surface area contributed by atoms with E-state index in [2.05, 4.69) is 17.6 Å². The molecule has 0 heterocycles. The zero-order valence-corrected chi connectivity index (χ0v) is 24.0. The lowest BCUT2D eigenvalue weighted by molar-refractivity contribution is -0.145. The Morgan fingerprint density at radius 1 is 0.974 bits per heavy atom. The number of nitrogens with zero attached hydrogens (tertiary/aromatic N) is 1. The number of carbonyl (C=O) groups is 3. The monoisotopic (exact) mass is 523 g/mol. The molecule has 0 spiro atoms. The molecule has 0 radical (unpaired) electrons.